The van der Waals surface area contributed by atoms with Gasteiger partial charge in [0.1, 0.15) is 10.8 Å². The summed E-state index contributed by atoms with van der Waals surface area (Å²) in [5.41, 5.74) is 0. The first kappa shape index (κ1) is 15.8. The highest BCUT2D eigenvalue weighted by molar-refractivity contribution is 6.31. The third kappa shape index (κ3) is 4.74. The lowest BCUT2D eigenvalue weighted by molar-refractivity contribution is -0.148. The van der Waals surface area contributed by atoms with Gasteiger partial charge in [-0.2, -0.15) is 8.78 Å². The molecule has 0 spiro atoms. The first-order chi connectivity index (χ1) is 8.72. The molecule has 1 rings (SSSR count). The van der Waals surface area contributed by atoms with Crippen molar-refractivity contribution in [1.29, 1.82) is 0 Å². The molecule has 19 heavy (non-hydrogen) atoms. The average Bonchev–Trinajstić information content (AvgIpc) is 2.26. The summed E-state index contributed by atoms with van der Waals surface area (Å²) in [6.45, 7) is 2.06. The highest BCUT2D eigenvalue weighted by atomic mass is 35.5. The summed E-state index contributed by atoms with van der Waals surface area (Å²) in [4.78, 5) is 3.64. The van der Waals surface area contributed by atoms with Gasteiger partial charge in [-0.3, -0.25) is 0 Å². The van der Waals surface area contributed by atoms with Crippen LogP contribution in [0.15, 0.2) is 12.3 Å². The molecule has 0 aliphatic heterocycles. The Labute approximate surface area is 112 Å². The first-order valence-electron chi connectivity index (χ1n) is 5.33. The predicted octanol–water partition coefficient (Wildman–Crippen LogP) is 3.80. The van der Waals surface area contributed by atoms with Crippen LogP contribution >= 0.6 is 11.6 Å². The van der Waals surface area contributed by atoms with Gasteiger partial charge in [0.25, 0.3) is 0 Å². The lowest BCUT2D eigenvalue weighted by Crippen LogP contribution is -2.33. The Morgan fingerprint density at radius 3 is 2.47 bits per heavy atom. The van der Waals surface area contributed by atoms with Gasteiger partial charge < -0.3 is 9.47 Å². The monoisotopic (exact) mass is 301 g/mol. The van der Waals surface area contributed by atoms with Crippen LogP contribution in [-0.2, 0) is 0 Å². The molecule has 0 aliphatic rings. The number of alkyl halides is 4. The van der Waals surface area contributed by atoms with Gasteiger partial charge in [0, 0.05) is 6.07 Å². The summed E-state index contributed by atoms with van der Waals surface area (Å²) in [6.07, 6.45) is -2.72. The fourth-order valence-corrected chi connectivity index (χ4v) is 1.29. The minimum atomic E-state index is -4.25. The minimum absolute atomic E-state index is 0.0942. The zero-order chi connectivity index (χ0) is 14.6. The van der Waals surface area contributed by atoms with Crippen molar-refractivity contribution in [3.8, 4) is 11.6 Å². The molecule has 8 heteroatoms. The van der Waals surface area contributed by atoms with E-state index >= 15 is 0 Å². The maximum Gasteiger partial charge on any atom is 0.340 e. The molecule has 0 atom stereocenters. The number of nitrogens with zero attached hydrogens (tertiary/aromatic N) is 1. The van der Waals surface area contributed by atoms with Crippen molar-refractivity contribution < 1.29 is 27.0 Å². The van der Waals surface area contributed by atoms with Gasteiger partial charge in [-0.1, -0.05) is 11.6 Å². The fraction of sp³-hybridized carbons (Fsp3) is 0.545. The number of ether oxygens (including phenoxy) is 2. The Bertz CT molecular complexity index is 429. The van der Waals surface area contributed by atoms with E-state index in [1.165, 1.54) is 12.3 Å². The summed E-state index contributed by atoms with van der Waals surface area (Å²) in [6, 6.07) is 1.31. The predicted molar refractivity (Wildman–Crippen MR) is 61.5 cm³/mol. The number of pyridine rings is 1. The van der Waals surface area contributed by atoms with Crippen LogP contribution in [0.2, 0.25) is 5.02 Å². The van der Waals surface area contributed by atoms with Crippen molar-refractivity contribution in [2.45, 2.75) is 32.3 Å². The molecule has 0 aromatic carbocycles. The summed E-state index contributed by atoms with van der Waals surface area (Å²) in [5.74, 6) is -4.27. The van der Waals surface area contributed by atoms with E-state index in [2.05, 4.69) is 9.72 Å². The van der Waals surface area contributed by atoms with Gasteiger partial charge in [0.15, 0.2) is 6.61 Å². The largest absolute Gasteiger partial charge is 0.489 e. The summed E-state index contributed by atoms with van der Waals surface area (Å²) in [7, 11) is 0. The molecule has 0 N–H and O–H groups in total. The van der Waals surface area contributed by atoms with Crippen LogP contribution in [0.3, 0.4) is 0 Å². The Hall–Kier alpha value is -1.24. The standard InChI is InChI=1S/C11H12ClF4NO2/c1-6(2)19-7-3-8(12)9(17-4-7)18-5-11(15,16)10(13)14/h3-4,6,10H,5H2,1-2H3. The Morgan fingerprint density at radius 2 is 2.00 bits per heavy atom. The van der Waals surface area contributed by atoms with Gasteiger partial charge >= 0.3 is 12.3 Å². The number of halogens is 5. The van der Waals surface area contributed by atoms with Crippen molar-refractivity contribution in [1.82, 2.24) is 4.98 Å². The maximum absolute atomic E-state index is 12.6. The van der Waals surface area contributed by atoms with Crippen LogP contribution in [0.5, 0.6) is 11.6 Å². The molecule has 0 aliphatic carbocycles. The maximum atomic E-state index is 12.6. The smallest absolute Gasteiger partial charge is 0.340 e. The van der Waals surface area contributed by atoms with Crippen LogP contribution in [-0.4, -0.2) is 30.0 Å². The third-order valence-electron chi connectivity index (χ3n) is 1.87. The molecule has 0 bridgehead atoms. The van der Waals surface area contributed by atoms with Gasteiger partial charge in [-0.15, -0.1) is 0 Å². The lowest BCUT2D eigenvalue weighted by Gasteiger charge is -2.16. The van der Waals surface area contributed by atoms with Crippen molar-refractivity contribution in [3.05, 3.63) is 17.3 Å². The second-order valence-electron chi connectivity index (χ2n) is 3.98. The van der Waals surface area contributed by atoms with Crippen LogP contribution in [0, 0.1) is 0 Å². The molecule has 108 valence electrons. The SMILES string of the molecule is CC(C)Oc1cnc(OCC(F)(F)C(F)F)c(Cl)c1. The topological polar surface area (TPSA) is 31.4 Å². The van der Waals surface area contributed by atoms with E-state index in [1.807, 2.05) is 0 Å². The molecule has 3 nitrogen and oxygen atoms in total. The van der Waals surface area contributed by atoms with Gasteiger partial charge in [-0.25, -0.2) is 13.8 Å². The first-order valence-corrected chi connectivity index (χ1v) is 5.71. The normalized spacial score (nSPS) is 12.1. The minimum Gasteiger partial charge on any atom is -0.489 e. The average molecular weight is 302 g/mol. The van der Waals surface area contributed by atoms with Crippen LogP contribution in [0.4, 0.5) is 17.6 Å². The molecule has 0 fully saturated rings. The Morgan fingerprint density at radius 1 is 1.37 bits per heavy atom. The van der Waals surface area contributed by atoms with E-state index in [4.69, 9.17) is 16.3 Å². The summed E-state index contributed by atoms with van der Waals surface area (Å²) in [5, 5.41) is -0.0942. The van der Waals surface area contributed by atoms with E-state index < -0.39 is 19.0 Å². The number of hydrogen-bond donors (Lipinski definition) is 0. The van der Waals surface area contributed by atoms with E-state index in [0.29, 0.717) is 5.75 Å². The number of aromatic nitrogens is 1. The molecular weight excluding hydrogens is 290 g/mol. The molecule has 0 radical (unpaired) electrons. The second-order valence-corrected chi connectivity index (χ2v) is 4.38. The van der Waals surface area contributed by atoms with Gasteiger partial charge in [-0.05, 0) is 13.8 Å². The lowest BCUT2D eigenvalue weighted by atomic mass is 10.4. The fourth-order valence-electron chi connectivity index (χ4n) is 1.08. The number of rotatable bonds is 6. The Balaban J connectivity index is 2.70. The molecule has 0 saturated heterocycles. The third-order valence-corrected chi connectivity index (χ3v) is 2.15. The van der Waals surface area contributed by atoms with E-state index in [0.717, 1.165) is 0 Å². The highest BCUT2D eigenvalue weighted by Crippen LogP contribution is 2.29. The molecule has 1 aromatic rings. The van der Waals surface area contributed by atoms with Crippen molar-refractivity contribution in [3.63, 3.8) is 0 Å². The molecule has 0 unspecified atom stereocenters. The van der Waals surface area contributed by atoms with Crippen molar-refractivity contribution in [2.75, 3.05) is 6.61 Å². The summed E-state index contributed by atoms with van der Waals surface area (Å²) < 4.78 is 58.9. The quantitative estimate of drug-likeness (QED) is 0.749. The highest BCUT2D eigenvalue weighted by Gasteiger charge is 2.42. The van der Waals surface area contributed by atoms with Gasteiger partial charge in [0.2, 0.25) is 5.88 Å². The zero-order valence-corrected chi connectivity index (χ0v) is 10.9. The molecule has 0 saturated carbocycles. The second kappa shape index (κ2) is 6.27. The molecule has 0 amide bonds. The summed E-state index contributed by atoms with van der Waals surface area (Å²) >= 11 is 5.72. The zero-order valence-electron chi connectivity index (χ0n) is 10.2. The van der Waals surface area contributed by atoms with E-state index in [-0.39, 0.29) is 17.0 Å². The van der Waals surface area contributed by atoms with Gasteiger partial charge in [0.05, 0.1) is 12.3 Å². The van der Waals surface area contributed by atoms with Crippen molar-refractivity contribution >= 4 is 11.6 Å². The van der Waals surface area contributed by atoms with E-state index in [1.54, 1.807) is 13.8 Å². The number of hydrogen-bond acceptors (Lipinski definition) is 3. The van der Waals surface area contributed by atoms with Crippen LogP contribution in [0.25, 0.3) is 0 Å². The van der Waals surface area contributed by atoms with Crippen molar-refractivity contribution in [2.24, 2.45) is 0 Å². The Kier molecular flexibility index (Phi) is 5.22. The van der Waals surface area contributed by atoms with E-state index in [9.17, 15) is 17.6 Å². The molecule has 1 heterocycles. The molecule has 1 aromatic heterocycles. The van der Waals surface area contributed by atoms with Crippen LogP contribution < -0.4 is 9.47 Å². The van der Waals surface area contributed by atoms with Crippen LogP contribution in [0.1, 0.15) is 13.8 Å². The molecular formula is C11H12ClF4NO2.